The molecule has 0 bridgehead atoms. The molecule has 7 nitrogen and oxygen atoms in total. The third-order valence-electron chi connectivity index (χ3n) is 3.90. The van der Waals surface area contributed by atoms with Gasteiger partial charge in [-0.3, -0.25) is 9.78 Å². The van der Waals surface area contributed by atoms with Crippen molar-refractivity contribution in [2.75, 3.05) is 17.2 Å². The van der Waals surface area contributed by atoms with E-state index in [1.165, 1.54) is 6.20 Å². The lowest BCUT2D eigenvalue weighted by atomic mass is 10.2. The lowest BCUT2D eigenvalue weighted by molar-refractivity contribution is 0.0526. The summed E-state index contributed by atoms with van der Waals surface area (Å²) in [6, 6.07) is 13.8. The Hall–Kier alpha value is -3.74. The molecule has 1 amide bonds. The summed E-state index contributed by atoms with van der Waals surface area (Å²) in [5.41, 5.74) is 2.54. The van der Waals surface area contributed by atoms with Crippen LogP contribution in [0.5, 0.6) is 0 Å². The van der Waals surface area contributed by atoms with Gasteiger partial charge in [0.05, 0.1) is 17.7 Å². The standard InChI is InChI=1S/C21H20N4O3/c1-2-28-21(27)16-3-6-18(7-4-16)25-20(26)17-5-8-19(24-14-17)23-13-15-9-11-22-12-10-15/h3-12,14H,2,13H2,1H3,(H,23,24)(H,25,26). The molecule has 0 spiro atoms. The molecule has 0 atom stereocenters. The van der Waals surface area contributed by atoms with Crippen molar-refractivity contribution >= 4 is 23.4 Å². The largest absolute Gasteiger partial charge is 0.462 e. The number of carbonyl (C=O) groups is 2. The number of esters is 1. The number of hydrogen-bond donors (Lipinski definition) is 2. The summed E-state index contributed by atoms with van der Waals surface area (Å²) in [6.45, 7) is 2.69. The molecule has 0 aliphatic rings. The normalized spacial score (nSPS) is 10.2. The predicted octanol–water partition coefficient (Wildman–Crippen LogP) is 3.52. The quantitative estimate of drug-likeness (QED) is 0.613. The zero-order valence-electron chi connectivity index (χ0n) is 15.4. The van der Waals surface area contributed by atoms with E-state index in [1.54, 1.807) is 55.7 Å². The van der Waals surface area contributed by atoms with Gasteiger partial charge in [0.15, 0.2) is 0 Å². The fraction of sp³-hybridized carbons (Fsp3) is 0.143. The Morgan fingerprint density at radius 2 is 1.68 bits per heavy atom. The van der Waals surface area contributed by atoms with Crippen LogP contribution in [-0.2, 0) is 11.3 Å². The minimum atomic E-state index is -0.389. The molecular formula is C21H20N4O3. The molecule has 2 aromatic heterocycles. The van der Waals surface area contributed by atoms with Crippen LogP contribution < -0.4 is 10.6 Å². The van der Waals surface area contributed by atoms with Crippen molar-refractivity contribution in [2.45, 2.75) is 13.5 Å². The van der Waals surface area contributed by atoms with E-state index in [0.717, 1.165) is 5.56 Å². The highest BCUT2D eigenvalue weighted by Gasteiger charge is 2.09. The molecule has 0 fully saturated rings. The summed E-state index contributed by atoms with van der Waals surface area (Å²) in [4.78, 5) is 32.2. The van der Waals surface area contributed by atoms with E-state index >= 15 is 0 Å². The summed E-state index contributed by atoms with van der Waals surface area (Å²) in [5.74, 6) is 0.00338. The fourth-order valence-electron chi connectivity index (χ4n) is 2.43. The number of carbonyl (C=O) groups excluding carboxylic acids is 2. The summed E-state index contributed by atoms with van der Waals surface area (Å²) in [6.07, 6.45) is 4.98. The molecular weight excluding hydrogens is 356 g/mol. The van der Waals surface area contributed by atoms with Gasteiger partial charge < -0.3 is 15.4 Å². The summed E-state index contributed by atoms with van der Waals surface area (Å²) in [7, 11) is 0. The maximum atomic E-state index is 12.4. The average Bonchev–Trinajstić information content (AvgIpc) is 2.74. The molecule has 2 heterocycles. The molecule has 3 aromatic rings. The van der Waals surface area contributed by atoms with Gasteiger partial charge in [-0.1, -0.05) is 0 Å². The lowest BCUT2D eigenvalue weighted by Gasteiger charge is -2.08. The fourth-order valence-corrected chi connectivity index (χ4v) is 2.43. The van der Waals surface area contributed by atoms with Crippen molar-refractivity contribution in [1.82, 2.24) is 9.97 Å². The van der Waals surface area contributed by atoms with Crippen LogP contribution in [0.2, 0.25) is 0 Å². The number of pyridine rings is 2. The van der Waals surface area contributed by atoms with Crippen LogP contribution in [0.1, 0.15) is 33.2 Å². The van der Waals surface area contributed by atoms with Crippen LogP contribution in [0, 0.1) is 0 Å². The third kappa shape index (κ3) is 5.14. The minimum absolute atomic E-state index is 0.280. The van der Waals surface area contributed by atoms with Crippen molar-refractivity contribution in [1.29, 1.82) is 0 Å². The maximum absolute atomic E-state index is 12.4. The predicted molar refractivity (Wildman–Crippen MR) is 106 cm³/mol. The second kappa shape index (κ2) is 9.27. The molecule has 2 N–H and O–H groups in total. The Labute approximate surface area is 162 Å². The Balaban J connectivity index is 1.56. The highest BCUT2D eigenvalue weighted by atomic mass is 16.5. The number of rotatable bonds is 7. The zero-order chi connectivity index (χ0) is 19.8. The number of nitrogens with zero attached hydrogens (tertiary/aromatic N) is 2. The van der Waals surface area contributed by atoms with Gasteiger partial charge in [0.1, 0.15) is 5.82 Å². The molecule has 7 heteroatoms. The SMILES string of the molecule is CCOC(=O)c1ccc(NC(=O)c2ccc(NCc3ccncc3)nc2)cc1. The van der Waals surface area contributed by atoms with Crippen LogP contribution in [0.3, 0.4) is 0 Å². The van der Waals surface area contributed by atoms with Gasteiger partial charge in [0.2, 0.25) is 0 Å². The molecule has 0 saturated carbocycles. The Morgan fingerprint density at radius 3 is 2.32 bits per heavy atom. The molecule has 1 aromatic carbocycles. The summed E-state index contributed by atoms with van der Waals surface area (Å²) >= 11 is 0. The molecule has 0 unspecified atom stereocenters. The van der Waals surface area contributed by atoms with Gasteiger partial charge in [-0.05, 0) is 61.0 Å². The number of nitrogens with one attached hydrogen (secondary N) is 2. The minimum Gasteiger partial charge on any atom is -0.462 e. The number of benzene rings is 1. The first-order chi connectivity index (χ1) is 13.7. The van der Waals surface area contributed by atoms with Crippen molar-refractivity contribution in [3.8, 4) is 0 Å². The van der Waals surface area contributed by atoms with Gasteiger partial charge in [-0.2, -0.15) is 0 Å². The Morgan fingerprint density at radius 1 is 0.964 bits per heavy atom. The Kier molecular flexibility index (Phi) is 6.30. The smallest absolute Gasteiger partial charge is 0.338 e. The number of hydrogen-bond acceptors (Lipinski definition) is 6. The zero-order valence-corrected chi connectivity index (χ0v) is 15.4. The van der Waals surface area contributed by atoms with Crippen LogP contribution in [0.15, 0.2) is 67.1 Å². The van der Waals surface area contributed by atoms with Crippen molar-refractivity contribution in [3.63, 3.8) is 0 Å². The van der Waals surface area contributed by atoms with E-state index in [2.05, 4.69) is 20.6 Å². The monoisotopic (exact) mass is 376 g/mol. The van der Waals surface area contributed by atoms with E-state index < -0.39 is 0 Å². The highest BCUT2D eigenvalue weighted by Crippen LogP contribution is 2.13. The van der Waals surface area contributed by atoms with E-state index in [1.807, 2.05) is 12.1 Å². The third-order valence-corrected chi connectivity index (χ3v) is 3.90. The second-order valence-corrected chi connectivity index (χ2v) is 5.89. The van der Waals surface area contributed by atoms with Gasteiger partial charge in [0.25, 0.3) is 5.91 Å². The summed E-state index contributed by atoms with van der Waals surface area (Å²) in [5, 5.41) is 5.96. The average molecular weight is 376 g/mol. The second-order valence-electron chi connectivity index (χ2n) is 5.89. The first-order valence-corrected chi connectivity index (χ1v) is 8.83. The molecule has 28 heavy (non-hydrogen) atoms. The molecule has 142 valence electrons. The molecule has 0 saturated heterocycles. The number of anilines is 2. The van der Waals surface area contributed by atoms with E-state index in [-0.39, 0.29) is 11.9 Å². The molecule has 0 aliphatic carbocycles. The highest BCUT2D eigenvalue weighted by molar-refractivity contribution is 6.04. The maximum Gasteiger partial charge on any atom is 0.338 e. The Bertz CT molecular complexity index is 926. The van der Waals surface area contributed by atoms with Gasteiger partial charge in [-0.15, -0.1) is 0 Å². The lowest BCUT2D eigenvalue weighted by Crippen LogP contribution is -2.13. The first-order valence-electron chi connectivity index (χ1n) is 8.83. The van der Waals surface area contributed by atoms with Crippen LogP contribution in [0.4, 0.5) is 11.5 Å². The number of aromatic nitrogens is 2. The molecule has 3 rings (SSSR count). The van der Waals surface area contributed by atoms with Crippen molar-refractivity contribution in [2.24, 2.45) is 0 Å². The van der Waals surface area contributed by atoms with E-state index in [4.69, 9.17) is 4.74 Å². The molecule has 0 aliphatic heterocycles. The first kappa shape index (κ1) is 19.0. The van der Waals surface area contributed by atoms with Crippen LogP contribution in [-0.4, -0.2) is 28.5 Å². The van der Waals surface area contributed by atoms with Gasteiger partial charge in [-0.25, -0.2) is 9.78 Å². The van der Waals surface area contributed by atoms with E-state index in [0.29, 0.717) is 35.8 Å². The van der Waals surface area contributed by atoms with Crippen LogP contribution in [0.25, 0.3) is 0 Å². The van der Waals surface area contributed by atoms with Gasteiger partial charge >= 0.3 is 5.97 Å². The van der Waals surface area contributed by atoms with Crippen LogP contribution >= 0.6 is 0 Å². The van der Waals surface area contributed by atoms with Gasteiger partial charge in [0, 0.05) is 30.8 Å². The van der Waals surface area contributed by atoms with E-state index in [9.17, 15) is 9.59 Å². The number of amides is 1. The topological polar surface area (TPSA) is 93.2 Å². The van der Waals surface area contributed by atoms with Crippen molar-refractivity contribution in [3.05, 3.63) is 83.8 Å². The van der Waals surface area contributed by atoms with Crippen molar-refractivity contribution < 1.29 is 14.3 Å². The summed E-state index contributed by atoms with van der Waals surface area (Å²) < 4.78 is 4.93. The number of ether oxygens (including phenoxy) is 1. The molecule has 0 radical (unpaired) electrons.